The molecule has 1 heterocycles. The third-order valence-electron chi connectivity index (χ3n) is 2.59. The van der Waals surface area contributed by atoms with Gasteiger partial charge in [-0.05, 0) is 19.8 Å². The Morgan fingerprint density at radius 1 is 1.50 bits per heavy atom. The van der Waals surface area contributed by atoms with Crippen molar-refractivity contribution >= 4 is 11.8 Å². The summed E-state index contributed by atoms with van der Waals surface area (Å²) in [4.78, 5) is 24.4. The number of hydrogen-bond donors (Lipinski definition) is 1. The standard InChI is InChI=1S/C10H18N2O2/c1-3-11-10(14)9-5-4-6-12(7-9)8(2)13/h9H,3-7H2,1-2H3,(H,11,14). The lowest BCUT2D eigenvalue weighted by Crippen LogP contribution is -2.44. The summed E-state index contributed by atoms with van der Waals surface area (Å²) < 4.78 is 0. The molecule has 0 aromatic carbocycles. The molecule has 1 aliphatic rings. The summed E-state index contributed by atoms with van der Waals surface area (Å²) in [5.74, 6) is 0.144. The van der Waals surface area contributed by atoms with Gasteiger partial charge < -0.3 is 10.2 Å². The maximum atomic E-state index is 11.5. The normalized spacial score (nSPS) is 21.9. The largest absolute Gasteiger partial charge is 0.356 e. The summed E-state index contributed by atoms with van der Waals surface area (Å²) in [5, 5.41) is 2.80. The van der Waals surface area contributed by atoms with Crippen LogP contribution in [0, 0.1) is 5.92 Å². The molecular weight excluding hydrogens is 180 g/mol. The number of amides is 2. The van der Waals surface area contributed by atoms with Crippen molar-refractivity contribution in [2.24, 2.45) is 5.92 Å². The van der Waals surface area contributed by atoms with Gasteiger partial charge in [0, 0.05) is 26.6 Å². The first-order valence-electron chi connectivity index (χ1n) is 5.18. The molecule has 2 amide bonds. The van der Waals surface area contributed by atoms with Gasteiger partial charge in [-0.2, -0.15) is 0 Å². The molecule has 1 aliphatic heterocycles. The molecule has 0 bridgehead atoms. The molecule has 80 valence electrons. The van der Waals surface area contributed by atoms with Gasteiger partial charge in [0.2, 0.25) is 11.8 Å². The Labute approximate surface area is 84.7 Å². The van der Waals surface area contributed by atoms with E-state index in [0.29, 0.717) is 13.1 Å². The van der Waals surface area contributed by atoms with Crippen molar-refractivity contribution in [3.05, 3.63) is 0 Å². The molecule has 0 aromatic heterocycles. The van der Waals surface area contributed by atoms with Crippen molar-refractivity contribution in [1.82, 2.24) is 10.2 Å². The van der Waals surface area contributed by atoms with Gasteiger partial charge in [-0.3, -0.25) is 9.59 Å². The summed E-state index contributed by atoms with van der Waals surface area (Å²) in [6, 6.07) is 0. The van der Waals surface area contributed by atoms with E-state index in [1.807, 2.05) is 6.92 Å². The molecule has 1 saturated heterocycles. The smallest absolute Gasteiger partial charge is 0.224 e. The molecule has 1 rings (SSSR count). The molecule has 4 heteroatoms. The Morgan fingerprint density at radius 3 is 2.79 bits per heavy atom. The Kier molecular flexibility index (Phi) is 3.92. The molecule has 0 saturated carbocycles. The van der Waals surface area contributed by atoms with Gasteiger partial charge in [0.25, 0.3) is 0 Å². The molecule has 1 atom stereocenters. The highest BCUT2D eigenvalue weighted by molar-refractivity contribution is 5.80. The first-order valence-corrected chi connectivity index (χ1v) is 5.18. The van der Waals surface area contributed by atoms with Gasteiger partial charge in [-0.25, -0.2) is 0 Å². The minimum Gasteiger partial charge on any atom is -0.356 e. The topological polar surface area (TPSA) is 49.4 Å². The average Bonchev–Trinajstić information content (AvgIpc) is 2.18. The van der Waals surface area contributed by atoms with Gasteiger partial charge in [-0.1, -0.05) is 0 Å². The van der Waals surface area contributed by atoms with Gasteiger partial charge in [0.15, 0.2) is 0 Å². The van der Waals surface area contributed by atoms with E-state index in [9.17, 15) is 9.59 Å². The third-order valence-corrected chi connectivity index (χ3v) is 2.59. The Hall–Kier alpha value is -1.06. The van der Waals surface area contributed by atoms with E-state index in [4.69, 9.17) is 0 Å². The molecule has 14 heavy (non-hydrogen) atoms. The SMILES string of the molecule is CCNC(=O)C1CCCN(C(C)=O)C1. The fourth-order valence-corrected chi connectivity index (χ4v) is 1.80. The van der Waals surface area contributed by atoms with Crippen LogP contribution < -0.4 is 5.32 Å². The summed E-state index contributed by atoms with van der Waals surface area (Å²) in [6.07, 6.45) is 1.83. The molecule has 1 N–H and O–H groups in total. The van der Waals surface area contributed by atoms with Crippen LogP contribution in [0.15, 0.2) is 0 Å². The maximum Gasteiger partial charge on any atom is 0.224 e. The third kappa shape index (κ3) is 2.72. The second-order valence-corrected chi connectivity index (χ2v) is 3.70. The maximum absolute atomic E-state index is 11.5. The summed E-state index contributed by atoms with van der Waals surface area (Å²) >= 11 is 0. The van der Waals surface area contributed by atoms with Crippen LogP contribution in [0.3, 0.4) is 0 Å². The van der Waals surface area contributed by atoms with Gasteiger partial charge >= 0.3 is 0 Å². The minimum absolute atomic E-state index is 0.00685. The number of carbonyl (C=O) groups is 2. The Bertz CT molecular complexity index is 228. The lowest BCUT2D eigenvalue weighted by atomic mass is 9.97. The van der Waals surface area contributed by atoms with Crippen LogP contribution >= 0.6 is 0 Å². The number of nitrogens with one attached hydrogen (secondary N) is 1. The number of piperidine rings is 1. The van der Waals surface area contributed by atoms with Crippen molar-refractivity contribution in [2.45, 2.75) is 26.7 Å². The highest BCUT2D eigenvalue weighted by Crippen LogP contribution is 2.16. The second kappa shape index (κ2) is 4.98. The van der Waals surface area contributed by atoms with E-state index in [0.717, 1.165) is 19.4 Å². The predicted octanol–water partition coefficient (Wildman–Crippen LogP) is 0.381. The zero-order valence-electron chi connectivity index (χ0n) is 8.88. The zero-order valence-corrected chi connectivity index (χ0v) is 8.88. The molecule has 4 nitrogen and oxygen atoms in total. The van der Waals surface area contributed by atoms with Gasteiger partial charge in [0.05, 0.1) is 5.92 Å². The van der Waals surface area contributed by atoms with Crippen LogP contribution in [0.25, 0.3) is 0 Å². The van der Waals surface area contributed by atoms with Crippen molar-refractivity contribution in [2.75, 3.05) is 19.6 Å². The van der Waals surface area contributed by atoms with Crippen LogP contribution in [0.2, 0.25) is 0 Å². The predicted molar refractivity (Wildman–Crippen MR) is 53.7 cm³/mol. The van der Waals surface area contributed by atoms with Crippen molar-refractivity contribution in [3.63, 3.8) is 0 Å². The quantitative estimate of drug-likeness (QED) is 0.697. The first kappa shape index (κ1) is 11.0. The van der Waals surface area contributed by atoms with Crippen LogP contribution in [-0.2, 0) is 9.59 Å². The van der Waals surface area contributed by atoms with E-state index < -0.39 is 0 Å². The Morgan fingerprint density at radius 2 is 2.21 bits per heavy atom. The first-order chi connectivity index (χ1) is 6.65. The molecule has 1 unspecified atom stereocenters. The fraction of sp³-hybridized carbons (Fsp3) is 0.800. The van der Waals surface area contributed by atoms with Crippen LogP contribution in [0.5, 0.6) is 0 Å². The van der Waals surface area contributed by atoms with Crippen LogP contribution in [-0.4, -0.2) is 36.3 Å². The summed E-state index contributed by atoms with van der Waals surface area (Å²) in [7, 11) is 0. The van der Waals surface area contributed by atoms with E-state index in [-0.39, 0.29) is 17.7 Å². The minimum atomic E-state index is -0.00685. The number of likely N-dealkylation sites (tertiary alicyclic amines) is 1. The lowest BCUT2D eigenvalue weighted by Gasteiger charge is -2.31. The molecular formula is C10H18N2O2. The summed E-state index contributed by atoms with van der Waals surface area (Å²) in [5.41, 5.74) is 0. The number of hydrogen-bond acceptors (Lipinski definition) is 2. The van der Waals surface area contributed by atoms with Gasteiger partial charge in [0.1, 0.15) is 0 Å². The van der Waals surface area contributed by atoms with Gasteiger partial charge in [-0.15, -0.1) is 0 Å². The number of nitrogens with zero attached hydrogens (tertiary/aromatic N) is 1. The average molecular weight is 198 g/mol. The zero-order chi connectivity index (χ0) is 10.6. The molecule has 0 radical (unpaired) electrons. The molecule has 0 spiro atoms. The van der Waals surface area contributed by atoms with E-state index in [1.165, 1.54) is 0 Å². The highest BCUT2D eigenvalue weighted by atomic mass is 16.2. The highest BCUT2D eigenvalue weighted by Gasteiger charge is 2.26. The monoisotopic (exact) mass is 198 g/mol. The lowest BCUT2D eigenvalue weighted by molar-refractivity contribution is -0.133. The van der Waals surface area contributed by atoms with Crippen molar-refractivity contribution < 1.29 is 9.59 Å². The van der Waals surface area contributed by atoms with Crippen LogP contribution in [0.4, 0.5) is 0 Å². The molecule has 1 fully saturated rings. The van der Waals surface area contributed by atoms with E-state index >= 15 is 0 Å². The van der Waals surface area contributed by atoms with E-state index in [2.05, 4.69) is 5.32 Å². The second-order valence-electron chi connectivity index (χ2n) is 3.70. The fourth-order valence-electron chi connectivity index (χ4n) is 1.80. The molecule has 0 aliphatic carbocycles. The van der Waals surface area contributed by atoms with Crippen LogP contribution in [0.1, 0.15) is 26.7 Å². The molecule has 0 aromatic rings. The number of carbonyl (C=O) groups excluding carboxylic acids is 2. The summed E-state index contributed by atoms with van der Waals surface area (Å²) in [6.45, 7) is 5.51. The van der Waals surface area contributed by atoms with E-state index in [1.54, 1.807) is 11.8 Å². The van der Waals surface area contributed by atoms with Crippen molar-refractivity contribution in [1.29, 1.82) is 0 Å². The van der Waals surface area contributed by atoms with Crippen molar-refractivity contribution in [3.8, 4) is 0 Å². The Balaban J connectivity index is 2.47. The number of rotatable bonds is 2.